The van der Waals surface area contributed by atoms with Gasteiger partial charge in [0.15, 0.2) is 5.78 Å². The van der Waals surface area contributed by atoms with E-state index in [2.05, 4.69) is 33.8 Å². The molecule has 20 heavy (non-hydrogen) atoms. The third-order valence-corrected chi connectivity index (χ3v) is 5.01. The average molecular weight is 278 g/mol. The molecule has 1 nitrogen and oxygen atoms in total. The minimum atomic E-state index is 0.329. The van der Waals surface area contributed by atoms with E-state index in [0.717, 1.165) is 12.8 Å². The quantitative estimate of drug-likeness (QED) is 0.397. The number of allylic oxidation sites excluding steroid dienone is 2. The highest BCUT2D eigenvalue weighted by Gasteiger charge is 2.34. The summed E-state index contributed by atoms with van der Waals surface area (Å²) in [6.07, 6.45) is 14.9. The van der Waals surface area contributed by atoms with Crippen LogP contribution in [0, 0.1) is 17.3 Å². The molecule has 1 saturated carbocycles. The number of carbonyl (C=O) groups is 1. The van der Waals surface area contributed by atoms with E-state index in [9.17, 15) is 4.79 Å². The summed E-state index contributed by atoms with van der Waals surface area (Å²) in [4.78, 5) is 11.9. The van der Waals surface area contributed by atoms with E-state index >= 15 is 0 Å². The summed E-state index contributed by atoms with van der Waals surface area (Å²) < 4.78 is 0. The Kier molecular flexibility index (Phi) is 7.55. The van der Waals surface area contributed by atoms with Crippen molar-refractivity contribution in [1.29, 1.82) is 0 Å². The van der Waals surface area contributed by atoms with E-state index in [0.29, 0.717) is 23.0 Å². The van der Waals surface area contributed by atoms with Gasteiger partial charge in [0.1, 0.15) is 0 Å². The van der Waals surface area contributed by atoms with Crippen molar-refractivity contribution in [3.63, 3.8) is 0 Å². The van der Waals surface area contributed by atoms with E-state index in [1.165, 1.54) is 44.9 Å². The molecule has 0 N–H and O–H groups in total. The van der Waals surface area contributed by atoms with Gasteiger partial charge in [-0.05, 0) is 36.2 Å². The third-order valence-electron chi connectivity index (χ3n) is 5.01. The van der Waals surface area contributed by atoms with Crippen LogP contribution in [-0.4, -0.2) is 5.78 Å². The van der Waals surface area contributed by atoms with Crippen LogP contribution in [-0.2, 0) is 4.79 Å². The van der Waals surface area contributed by atoms with Crippen molar-refractivity contribution in [2.24, 2.45) is 17.3 Å². The number of ketones is 1. The Morgan fingerprint density at radius 3 is 2.55 bits per heavy atom. The van der Waals surface area contributed by atoms with Crippen molar-refractivity contribution in [1.82, 2.24) is 0 Å². The standard InChI is InChI=1S/C19H34O/c1-5-6-7-8-9-12-17(20)13-14-18-16(2)11-10-15-19(18,3)4/h13-14,16,18H,5-12,15H2,1-4H3. The van der Waals surface area contributed by atoms with Crippen LogP contribution in [0.25, 0.3) is 0 Å². The summed E-state index contributed by atoms with van der Waals surface area (Å²) in [5, 5.41) is 0. The molecule has 1 aliphatic carbocycles. The Bertz CT molecular complexity index is 314. The molecular formula is C19H34O. The zero-order valence-electron chi connectivity index (χ0n) is 14.1. The monoisotopic (exact) mass is 278 g/mol. The van der Waals surface area contributed by atoms with Crippen LogP contribution in [0.5, 0.6) is 0 Å². The minimum Gasteiger partial charge on any atom is -0.295 e. The van der Waals surface area contributed by atoms with Gasteiger partial charge in [-0.1, -0.05) is 72.3 Å². The summed E-state index contributed by atoms with van der Waals surface area (Å²) >= 11 is 0. The fourth-order valence-corrected chi connectivity index (χ4v) is 3.64. The van der Waals surface area contributed by atoms with Gasteiger partial charge in [0.25, 0.3) is 0 Å². The van der Waals surface area contributed by atoms with Crippen LogP contribution in [0.4, 0.5) is 0 Å². The lowest BCUT2D eigenvalue weighted by atomic mass is 9.64. The molecule has 1 fully saturated rings. The fourth-order valence-electron chi connectivity index (χ4n) is 3.64. The Morgan fingerprint density at radius 2 is 1.90 bits per heavy atom. The molecule has 0 radical (unpaired) electrons. The van der Waals surface area contributed by atoms with Crippen molar-refractivity contribution >= 4 is 5.78 Å². The van der Waals surface area contributed by atoms with Crippen molar-refractivity contribution in [2.45, 2.75) is 85.5 Å². The second kappa shape index (κ2) is 8.64. The average Bonchev–Trinajstić information content (AvgIpc) is 2.37. The van der Waals surface area contributed by atoms with E-state index in [-0.39, 0.29) is 0 Å². The molecule has 0 amide bonds. The second-order valence-electron chi connectivity index (χ2n) is 7.37. The first-order chi connectivity index (χ1) is 9.47. The minimum absolute atomic E-state index is 0.329. The first kappa shape index (κ1) is 17.5. The van der Waals surface area contributed by atoms with Crippen molar-refractivity contribution in [3.8, 4) is 0 Å². The fraction of sp³-hybridized carbons (Fsp3) is 0.842. The topological polar surface area (TPSA) is 17.1 Å². The van der Waals surface area contributed by atoms with Gasteiger partial charge < -0.3 is 0 Å². The van der Waals surface area contributed by atoms with Gasteiger partial charge in [-0.3, -0.25) is 4.79 Å². The van der Waals surface area contributed by atoms with Gasteiger partial charge in [0.2, 0.25) is 0 Å². The van der Waals surface area contributed by atoms with E-state index < -0.39 is 0 Å². The van der Waals surface area contributed by atoms with Crippen molar-refractivity contribution in [3.05, 3.63) is 12.2 Å². The predicted octanol–water partition coefficient (Wildman–Crippen LogP) is 5.93. The molecule has 116 valence electrons. The molecule has 0 saturated heterocycles. The van der Waals surface area contributed by atoms with Crippen LogP contribution < -0.4 is 0 Å². The molecular weight excluding hydrogens is 244 g/mol. The zero-order valence-corrected chi connectivity index (χ0v) is 14.1. The van der Waals surface area contributed by atoms with Gasteiger partial charge in [-0.2, -0.15) is 0 Å². The molecule has 2 atom stereocenters. The maximum atomic E-state index is 11.9. The highest BCUT2D eigenvalue weighted by Crippen LogP contribution is 2.44. The van der Waals surface area contributed by atoms with Crippen molar-refractivity contribution < 1.29 is 4.79 Å². The Balaban J connectivity index is 2.35. The summed E-state index contributed by atoms with van der Waals surface area (Å²) in [5.74, 6) is 1.61. The summed E-state index contributed by atoms with van der Waals surface area (Å²) in [6, 6.07) is 0. The number of unbranched alkanes of at least 4 members (excludes halogenated alkanes) is 4. The van der Waals surface area contributed by atoms with Gasteiger partial charge in [-0.15, -0.1) is 0 Å². The number of carbonyl (C=O) groups excluding carboxylic acids is 1. The smallest absolute Gasteiger partial charge is 0.155 e. The zero-order chi connectivity index (χ0) is 15.0. The third kappa shape index (κ3) is 5.81. The van der Waals surface area contributed by atoms with Gasteiger partial charge in [0, 0.05) is 6.42 Å². The number of hydrogen-bond acceptors (Lipinski definition) is 1. The SMILES string of the molecule is CCCCCCCC(=O)C=CC1C(C)CCCC1(C)C. The van der Waals surface area contributed by atoms with Crippen molar-refractivity contribution in [2.75, 3.05) is 0 Å². The summed E-state index contributed by atoms with van der Waals surface area (Å²) in [7, 11) is 0. The predicted molar refractivity (Wildman–Crippen MR) is 87.8 cm³/mol. The van der Waals surface area contributed by atoms with E-state index in [4.69, 9.17) is 0 Å². The Hall–Kier alpha value is -0.590. The molecule has 0 bridgehead atoms. The first-order valence-electron chi connectivity index (χ1n) is 8.68. The number of hydrogen-bond donors (Lipinski definition) is 0. The molecule has 0 aromatic carbocycles. The molecule has 0 heterocycles. The second-order valence-corrected chi connectivity index (χ2v) is 7.37. The lowest BCUT2D eigenvalue weighted by molar-refractivity contribution is -0.114. The lowest BCUT2D eigenvalue weighted by Crippen LogP contribution is -2.32. The van der Waals surface area contributed by atoms with Crippen LogP contribution in [0.3, 0.4) is 0 Å². The molecule has 0 aromatic heterocycles. The lowest BCUT2D eigenvalue weighted by Gasteiger charge is -2.41. The Labute approximate surface area is 126 Å². The Morgan fingerprint density at radius 1 is 1.20 bits per heavy atom. The molecule has 1 heteroatoms. The van der Waals surface area contributed by atoms with Gasteiger partial charge in [0.05, 0.1) is 0 Å². The van der Waals surface area contributed by atoms with E-state index in [1.54, 1.807) is 0 Å². The highest BCUT2D eigenvalue weighted by atomic mass is 16.1. The van der Waals surface area contributed by atoms with E-state index in [1.807, 2.05) is 6.08 Å². The molecule has 0 aromatic rings. The summed E-state index contributed by atoms with van der Waals surface area (Å²) in [6.45, 7) is 9.27. The van der Waals surface area contributed by atoms with Gasteiger partial charge in [-0.25, -0.2) is 0 Å². The normalized spacial score (nSPS) is 26.0. The highest BCUT2D eigenvalue weighted by molar-refractivity contribution is 5.89. The van der Waals surface area contributed by atoms with Crippen LogP contribution in [0.15, 0.2) is 12.2 Å². The van der Waals surface area contributed by atoms with Crippen LogP contribution in [0.1, 0.15) is 85.5 Å². The summed E-state index contributed by atoms with van der Waals surface area (Å²) in [5.41, 5.74) is 0.357. The molecule has 0 aliphatic heterocycles. The molecule has 1 aliphatic rings. The van der Waals surface area contributed by atoms with Crippen LogP contribution in [0.2, 0.25) is 0 Å². The maximum absolute atomic E-state index is 11.9. The molecule has 0 spiro atoms. The van der Waals surface area contributed by atoms with Gasteiger partial charge >= 0.3 is 0 Å². The van der Waals surface area contributed by atoms with Crippen LogP contribution >= 0.6 is 0 Å². The molecule has 2 unspecified atom stereocenters. The molecule has 1 rings (SSSR count). The maximum Gasteiger partial charge on any atom is 0.155 e. The first-order valence-corrected chi connectivity index (χ1v) is 8.68. The largest absolute Gasteiger partial charge is 0.295 e. The number of rotatable bonds is 8.